The van der Waals surface area contributed by atoms with E-state index in [1.54, 1.807) is 0 Å². The van der Waals surface area contributed by atoms with Crippen LogP contribution < -0.4 is 0 Å². The predicted molar refractivity (Wildman–Crippen MR) is 72.5 cm³/mol. The fraction of sp³-hybridized carbons (Fsp3) is 0.733. The fourth-order valence-electron chi connectivity index (χ4n) is 1.67. The van der Waals surface area contributed by atoms with E-state index in [4.69, 9.17) is 5.11 Å². The number of rotatable bonds is 8. The predicted octanol–water partition coefficient (Wildman–Crippen LogP) is 4.48. The molecular weight excluding hydrogens is 196 g/mol. The molecule has 0 aliphatic heterocycles. The summed E-state index contributed by atoms with van der Waals surface area (Å²) in [5.74, 6) is 0.645. The molecule has 0 saturated carbocycles. The van der Waals surface area contributed by atoms with Crippen molar-refractivity contribution in [2.24, 2.45) is 5.92 Å². The Balaban J connectivity index is 3.66. The fourth-order valence-corrected chi connectivity index (χ4v) is 1.67. The Morgan fingerprint density at radius 3 is 2.31 bits per heavy atom. The van der Waals surface area contributed by atoms with Crippen molar-refractivity contribution in [3.05, 3.63) is 23.3 Å². The highest BCUT2D eigenvalue weighted by atomic mass is 16.3. The lowest BCUT2D eigenvalue weighted by atomic mass is 10.0. The first-order valence-corrected chi connectivity index (χ1v) is 6.46. The van der Waals surface area contributed by atoms with Gasteiger partial charge in [0.1, 0.15) is 0 Å². The lowest BCUT2D eigenvalue weighted by molar-refractivity contribution is 0.259. The van der Waals surface area contributed by atoms with Gasteiger partial charge < -0.3 is 5.11 Å². The van der Waals surface area contributed by atoms with E-state index in [0.29, 0.717) is 12.5 Å². The Morgan fingerprint density at radius 2 is 1.75 bits per heavy atom. The highest BCUT2D eigenvalue weighted by Gasteiger charge is 1.99. The van der Waals surface area contributed by atoms with Crippen LogP contribution in [-0.4, -0.2) is 11.7 Å². The second-order valence-corrected chi connectivity index (χ2v) is 5.07. The van der Waals surface area contributed by atoms with Crippen LogP contribution in [0.5, 0.6) is 0 Å². The van der Waals surface area contributed by atoms with Gasteiger partial charge in [-0.3, -0.25) is 0 Å². The molecule has 0 aromatic heterocycles. The third kappa shape index (κ3) is 9.97. The number of hydrogen-bond donors (Lipinski definition) is 1. The van der Waals surface area contributed by atoms with Gasteiger partial charge in [-0.05, 0) is 58.8 Å². The first-order chi connectivity index (χ1) is 7.56. The van der Waals surface area contributed by atoms with Crippen molar-refractivity contribution in [3.8, 4) is 0 Å². The summed E-state index contributed by atoms with van der Waals surface area (Å²) in [5.41, 5.74) is 2.90. The van der Waals surface area contributed by atoms with Gasteiger partial charge in [0.15, 0.2) is 0 Å². The summed E-state index contributed by atoms with van der Waals surface area (Å²) in [5, 5.41) is 8.79. The third-order valence-electron chi connectivity index (χ3n) is 2.87. The van der Waals surface area contributed by atoms with E-state index in [1.807, 2.05) is 0 Å². The van der Waals surface area contributed by atoms with E-state index < -0.39 is 0 Å². The van der Waals surface area contributed by atoms with Gasteiger partial charge in [0.2, 0.25) is 0 Å². The van der Waals surface area contributed by atoms with Crippen molar-refractivity contribution in [1.29, 1.82) is 0 Å². The molecule has 0 heterocycles. The summed E-state index contributed by atoms with van der Waals surface area (Å²) in [4.78, 5) is 0. The van der Waals surface area contributed by atoms with Crippen LogP contribution in [0.15, 0.2) is 23.3 Å². The number of aliphatic hydroxyl groups excluding tert-OH is 1. The normalized spacial score (nSPS) is 13.7. The second kappa shape index (κ2) is 9.65. The molecule has 0 aliphatic rings. The minimum Gasteiger partial charge on any atom is -0.396 e. The summed E-state index contributed by atoms with van der Waals surface area (Å²) in [7, 11) is 0. The summed E-state index contributed by atoms with van der Waals surface area (Å²) in [6.45, 7) is 9.05. The molecule has 1 heteroatoms. The third-order valence-corrected chi connectivity index (χ3v) is 2.87. The minimum absolute atomic E-state index is 0.324. The number of hydrogen-bond acceptors (Lipinski definition) is 1. The second-order valence-electron chi connectivity index (χ2n) is 5.07. The van der Waals surface area contributed by atoms with Crippen molar-refractivity contribution >= 4 is 0 Å². The number of allylic oxidation sites excluding steroid dienone is 4. The molecule has 0 bridgehead atoms. The molecular formula is C15H28O. The smallest absolute Gasteiger partial charge is 0.0433 e. The molecule has 1 nitrogen and oxygen atoms in total. The summed E-state index contributed by atoms with van der Waals surface area (Å²) in [6, 6.07) is 0. The summed E-state index contributed by atoms with van der Waals surface area (Å²) >= 11 is 0. The zero-order valence-corrected chi connectivity index (χ0v) is 11.4. The lowest BCUT2D eigenvalue weighted by Crippen LogP contribution is -1.97. The van der Waals surface area contributed by atoms with Gasteiger partial charge in [0.25, 0.3) is 0 Å². The maximum absolute atomic E-state index is 8.79. The Morgan fingerprint density at radius 1 is 1.06 bits per heavy atom. The molecule has 0 rings (SSSR count). The van der Waals surface area contributed by atoms with Crippen LogP contribution in [0.1, 0.15) is 59.8 Å². The van der Waals surface area contributed by atoms with Crippen LogP contribution in [0.2, 0.25) is 0 Å². The monoisotopic (exact) mass is 224 g/mol. The average molecular weight is 224 g/mol. The van der Waals surface area contributed by atoms with Crippen LogP contribution >= 0.6 is 0 Å². The summed E-state index contributed by atoms with van der Waals surface area (Å²) < 4.78 is 0. The van der Waals surface area contributed by atoms with Gasteiger partial charge >= 0.3 is 0 Å². The highest BCUT2D eigenvalue weighted by molar-refractivity contribution is 5.02. The first kappa shape index (κ1) is 15.4. The topological polar surface area (TPSA) is 20.2 Å². The van der Waals surface area contributed by atoms with Crippen LogP contribution in [-0.2, 0) is 0 Å². The van der Waals surface area contributed by atoms with E-state index >= 15 is 0 Å². The maximum Gasteiger partial charge on any atom is 0.0433 e. The van der Waals surface area contributed by atoms with E-state index in [0.717, 1.165) is 19.3 Å². The lowest BCUT2D eigenvalue weighted by Gasteiger charge is -2.07. The quantitative estimate of drug-likeness (QED) is 0.603. The number of aliphatic hydroxyl groups is 1. The Kier molecular flexibility index (Phi) is 9.31. The van der Waals surface area contributed by atoms with Crippen LogP contribution in [0.4, 0.5) is 0 Å². The highest BCUT2D eigenvalue weighted by Crippen LogP contribution is 2.13. The van der Waals surface area contributed by atoms with E-state index in [1.165, 1.54) is 24.0 Å². The largest absolute Gasteiger partial charge is 0.396 e. The molecule has 0 saturated heterocycles. The molecule has 0 spiro atoms. The van der Waals surface area contributed by atoms with Gasteiger partial charge in [-0.1, -0.05) is 30.2 Å². The van der Waals surface area contributed by atoms with Gasteiger partial charge in [0, 0.05) is 6.61 Å². The van der Waals surface area contributed by atoms with E-state index in [2.05, 4.69) is 39.8 Å². The summed E-state index contributed by atoms with van der Waals surface area (Å²) in [6.07, 6.45) is 10.3. The maximum atomic E-state index is 8.79. The van der Waals surface area contributed by atoms with Gasteiger partial charge in [-0.25, -0.2) is 0 Å². The Hall–Kier alpha value is -0.560. The Bertz CT molecular complexity index is 222. The van der Waals surface area contributed by atoms with Crippen LogP contribution in [0.3, 0.4) is 0 Å². The molecule has 16 heavy (non-hydrogen) atoms. The molecule has 0 radical (unpaired) electrons. The molecule has 0 aliphatic carbocycles. The van der Waals surface area contributed by atoms with Gasteiger partial charge in [-0.15, -0.1) is 0 Å². The molecule has 0 fully saturated rings. The van der Waals surface area contributed by atoms with Gasteiger partial charge in [0.05, 0.1) is 0 Å². The molecule has 94 valence electrons. The van der Waals surface area contributed by atoms with Gasteiger partial charge in [-0.2, -0.15) is 0 Å². The van der Waals surface area contributed by atoms with E-state index in [-0.39, 0.29) is 0 Å². The average Bonchev–Trinajstić information content (AvgIpc) is 2.17. The minimum atomic E-state index is 0.324. The standard InChI is InChI=1S/C15H28O/c1-13(2)7-5-8-14(3)9-6-10-15(4)11-12-16/h7,9,15-16H,5-6,8,10-12H2,1-4H3/b14-9+/t15-/m1/s1. The van der Waals surface area contributed by atoms with Crippen molar-refractivity contribution < 1.29 is 5.11 Å². The molecule has 1 atom stereocenters. The SMILES string of the molecule is CC(C)=CCC/C(C)=C/CC[C@@H](C)CCO. The Labute approximate surface area is 101 Å². The zero-order chi connectivity index (χ0) is 12.4. The molecule has 0 aromatic rings. The molecule has 0 amide bonds. The van der Waals surface area contributed by atoms with Crippen molar-refractivity contribution in [3.63, 3.8) is 0 Å². The first-order valence-electron chi connectivity index (χ1n) is 6.46. The van der Waals surface area contributed by atoms with Crippen LogP contribution in [0, 0.1) is 5.92 Å². The van der Waals surface area contributed by atoms with Crippen molar-refractivity contribution in [2.75, 3.05) is 6.61 Å². The van der Waals surface area contributed by atoms with Crippen LogP contribution in [0.25, 0.3) is 0 Å². The molecule has 0 aromatic carbocycles. The van der Waals surface area contributed by atoms with Crippen molar-refractivity contribution in [1.82, 2.24) is 0 Å². The zero-order valence-electron chi connectivity index (χ0n) is 11.4. The van der Waals surface area contributed by atoms with Crippen molar-refractivity contribution in [2.45, 2.75) is 59.8 Å². The molecule has 1 N–H and O–H groups in total. The molecule has 0 unspecified atom stereocenters. The van der Waals surface area contributed by atoms with E-state index in [9.17, 15) is 0 Å².